The van der Waals surface area contributed by atoms with Gasteiger partial charge < -0.3 is 9.47 Å². The number of carbonyl (C=O) groups is 1. The zero-order valence-electron chi connectivity index (χ0n) is 14.2. The van der Waals surface area contributed by atoms with Gasteiger partial charge in [0.25, 0.3) is 0 Å². The van der Waals surface area contributed by atoms with Crippen LogP contribution in [0.25, 0.3) is 0 Å². The van der Waals surface area contributed by atoms with E-state index in [1.165, 1.54) is 0 Å². The Morgan fingerprint density at radius 2 is 1.58 bits per heavy atom. The van der Waals surface area contributed by atoms with Gasteiger partial charge in [-0.25, -0.2) is 4.79 Å². The van der Waals surface area contributed by atoms with E-state index in [9.17, 15) is 4.79 Å². The maximum Gasteiger partial charge on any atom is 0.343 e. The lowest BCUT2D eigenvalue weighted by atomic mass is 10.1. The molecule has 2 aromatic carbocycles. The standard InChI is InChI=1S/C21H22O3/c1-4-20(24-21(22)19-13-9-6-10-14-19)16(2)15-23-17(3)18-11-7-5-8-12-18/h4-15,17H,1-3H3/b16-15-,20-4-/t17-/m1/s1. The van der Waals surface area contributed by atoms with Crippen LogP contribution < -0.4 is 0 Å². The molecular weight excluding hydrogens is 300 g/mol. The molecule has 1 atom stereocenters. The van der Waals surface area contributed by atoms with Crippen LogP contribution in [0, 0.1) is 0 Å². The second-order valence-electron chi connectivity index (χ2n) is 5.40. The largest absolute Gasteiger partial charge is 0.493 e. The highest BCUT2D eigenvalue weighted by molar-refractivity contribution is 5.90. The lowest BCUT2D eigenvalue weighted by molar-refractivity contribution is 0.0629. The summed E-state index contributed by atoms with van der Waals surface area (Å²) >= 11 is 0. The first-order chi connectivity index (χ1) is 11.6. The molecule has 2 rings (SSSR count). The summed E-state index contributed by atoms with van der Waals surface area (Å²) in [5, 5.41) is 0. The van der Waals surface area contributed by atoms with Crippen LogP contribution >= 0.6 is 0 Å². The molecule has 3 heteroatoms. The van der Waals surface area contributed by atoms with E-state index in [1.54, 1.807) is 36.6 Å². The molecule has 0 bridgehead atoms. The van der Waals surface area contributed by atoms with Crippen LogP contribution in [0.1, 0.15) is 42.8 Å². The minimum atomic E-state index is -0.382. The number of rotatable bonds is 6. The van der Waals surface area contributed by atoms with Gasteiger partial charge in [0, 0.05) is 5.57 Å². The first-order valence-corrected chi connectivity index (χ1v) is 7.93. The van der Waals surface area contributed by atoms with Crippen LogP contribution in [-0.2, 0) is 9.47 Å². The molecule has 0 heterocycles. The molecule has 0 aliphatic carbocycles. The van der Waals surface area contributed by atoms with Gasteiger partial charge in [-0.1, -0.05) is 48.5 Å². The Kier molecular flexibility index (Phi) is 6.38. The fraction of sp³-hybridized carbons (Fsp3) is 0.190. The summed E-state index contributed by atoms with van der Waals surface area (Å²) < 4.78 is 11.2. The van der Waals surface area contributed by atoms with Crippen molar-refractivity contribution < 1.29 is 14.3 Å². The molecule has 0 N–H and O–H groups in total. The molecule has 24 heavy (non-hydrogen) atoms. The van der Waals surface area contributed by atoms with E-state index in [2.05, 4.69) is 0 Å². The highest BCUT2D eigenvalue weighted by Gasteiger charge is 2.11. The van der Waals surface area contributed by atoms with Crippen LogP contribution in [-0.4, -0.2) is 5.97 Å². The average molecular weight is 322 g/mol. The third-order valence-corrected chi connectivity index (χ3v) is 3.58. The van der Waals surface area contributed by atoms with E-state index in [-0.39, 0.29) is 12.1 Å². The molecule has 0 aromatic heterocycles. The first-order valence-electron chi connectivity index (χ1n) is 7.93. The van der Waals surface area contributed by atoms with Gasteiger partial charge in [-0.05, 0) is 44.5 Å². The summed E-state index contributed by atoms with van der Waals surface area (Å²) in [6, 6.07) is 18.9. The lowest BCUT2D eigenvalue weighted by Gasteiger charge is -2.14. The molecular formula is C21H22O3. The first kappa shape index (κ1) is 17.5. The third kappa shape index (κ3) is 4.85. The van der Waals surface area contributed by atoms with E-state index < -0.39 is 0 Å². The fourth-order valence-corrected chi connectivity index (χ4v) is 2.16. The van der Waals surface area contributed by atoms with Gasteiger partial charge in [-0.15, -0.1) is 0 Å². The number of ether oxygens (including phenoxy) is 2. The predicted octanol–water partition coefficient (Wildman–Crippen LogP) is 5.43. The summed E-state index contributed by atoms with van der Waals surface area (Å²) in [6.07, 6.45) is 3.30. The topological polar surface area (TPSA) is 35.5 Å². The molecule has 0 aliphatic rings. The van der Waals surface area contributed by atoms with Gasteiger partial charge in [0.2, 0.25) is 0 Å². The van der Waals surface area contributed by atoms with Crippen molar-refractivity contribution in [2.75, 3.05) is 0 Å². The Morgan fingerprint density at radius 1 is 1.00 bits per heavy atom. The quantitative estimate of drug-likeness (QED) is 0.404. The van der Waals surface area contributed by atoms with Crippen molar-refractivity contribution in [1.29, 1.82) is 0 Å². The second-order valence-corrected chi connectivity index (χ2v) is 5.40. The zero-order chi connectivity index (χ0) is 17.4. The van der Waals surface area contributed by atoms with Gasteiger partial charge in [0.15, 0.2) is 0 Å². The summed E-state index contributed by atoms with van der Waals surface area (Å²) in [5.41, 5.74) is 2.36. The Hall–Kier alpha value is -2.81. The lowest BCUT2D eigenvalue weighted by Crippen LogP contribution is -2.06. The summed E-state index contributed by atoms with van der Waals surface area (Å²) in [4.78, 5) is 12.1. The maximum absolute atomic E-state index is 12.1. The van der Waals surface area contributed by atoms with Crippen molar-refractivity contribution in [3.63, 3.8) is 0 Å². The van der Waals surface area contributed by atoms with Crippen molar-refractivity contribution in [1.82, 2.24) is 0 Å². The van der Waals surface area contributed by atoms with E-state index in [0.717, 1.165) is 11.1 Å². The monoisotopic (exact) mass is 322 g/mol. The summed E-state index contributed by atoms with van der Waals surface area (Å²) in [5.74, 6) is 0.108. The van der Waals surface area contributed by atoms with Crippen molar-refractivity contribution in [2.24, 2.45) is 0 Å². The highest BCUT2D eigenvalue weighted by Crippen LogP contribution is 2.20. The number of benzene rings is 2. The van der Waals surface area contributed by atoms with Crippen molar-refractivity contribution in [2.45, 2.75) is 26.9 Å². The summed E-state index contributed by atoms with van der Waals surface area (Å²) in [7, 11) is 0. The van der Waals surface area contributed by atoms with E-state index in [0.29, 0.717) is 11.3 Å². The number of hydrogen-bond acceptors (Lipinski definition) is 3. The molecule has 0 saturated heterocycles. The molecule has 2 aromatic rings. The van der Waals surface area contributed by atoms with E-state index >= 15 is 0 Å². The van der Waals surface area contributed by atoms with Crippen molar-refractivity contribution >= 4 is 5.97 Å². The Labute approximate surface area is 143 Å². The maximum atomic E-state index is 12.1. The van der Waals surface area contributed by atoms with Gasteiger partial charge in [-0.2, -0.15) is 0 Å². The molecule has 0 spiro atoms. The van der Waals surface area contributed by atoms with Crippen LogP contribution in [0.2, 0.25) is 0 Å². The minimum absolute atomic E-state index is 0.0796. The van der Waals surface area contributed by atoms with Gasteiger partial charge >= 0.3 is 5.97 Å². The number of hydrogen-bond donors (Lipinski definition) is 0. The SMILES string of the molecule is C/C=C(OC(=O)c1ccccc1)/C(C)=C\O[C@H](C)c1ccccc1. The molecule has 3 nitrogen and oxygen atoms in total. The highest BCUT2D eigenvalue weighted by atomic mass is 16.5. The van der Waals surface area contributed by atoms with Crippen molar-refractivity contribution in [3.8, 4) is 0 Å². The molecule has 0 radical (unpaired) electrons. The minimum Gasteiger partial charge on any atom is -0.493 e. The number of carbonyl (C=O) groups excluding carboxylic acids is 1. The van der Waals surface area contributed by atoms with Gasteiger partial charge in [-0.3, -0.25) is 0 Å². The van der Waals surface area contributed by atoms with Gasteiger partial charge in [0.1, 0.15) is 11.9 Å². The van der Waals surface area contributed by atoms with Crippen LogP contribution in [0.5, 0.6) is 0 Å². The molecule has 0 saturated carbocycles. The van der Waals surface area contributed by atoms with E-state index in [1.807, 2.05) is 57.2 Å². The fourth-order valence-electron chi connectivity index (χ4n) is 2.16. The molecule has 0 fully saturated rings. The van der Waals surface area contributed by atoms with Crippen LogP contribution in [0.3, 0.4) is 0 Å². The number of allylic oxidation sites excluding steroid dienone is 2. The Balaban J connectivity index is 2.01. The molecule has 0 unspecified atom stereocenters. The zero-order valence-corrected chi connectivity index (χ0v) is 14.2. The second kappa shape index (κ2) is 8.73. The molecule has 0 amide bonds. The summed E-state index contributed by atoms with van der Waals surface area (Å²) in [6.45, 7) is 5.65. The Morgan fingerprint density at radius 3 is 2.17 bits per heavy atom. The molecule has 124 valence electrons. The van der Waals surface area contributed by atoms with Crippen LogP contribution in [0.15, 0.2) is 84.3 Å². The smallest absolute Gasteiger partial charge is 0.343 e. The molecule has 0 aliphatic heterocycles. The Bertz CT molecular complexity index is 715. The van der Waals surface area contributed by atoms with E-state index in [4.69, 9.17) is 9.47 Å². The third-order valence-electron chi connectivity index (χ3n) is 3.58. The van der Waals surface area contributed by atoms with Gasteiger partial charge in [0.05, 0.1) is 11.8 Å². The normalized spacial score (nSPS) is 13.3. The predicted molar refractivity (Wildman–Crippen MR) is 95.3 cm³/mol. The average Bonchev–Trinajstić information content (AvgIpc) is 2.65. The van der Waals surface area contributed by atoms with Crippen molar-refractivity contribution in [3.05, 3.63) is 95.5 Å². The van der Waals surface area contributed by atoms with Crippen LogP contribution in [0.4, 0.5) is 0 Å². The number of esters is 1.